The third kappa shape index (κ3) is 4.31. The molecule has 0 amide bonds. The summed E-state index contributed by atoms with van der Waals surface area (Å²) in [4.78, 5) is 8.00. The Hall–Kier alpha value is -3.07. The summed E-state index contributed by atoms with van der Waals surface area (Å²) in [5.74, 6) is 0.322. The molecule has 6 nitrogen and oxygen atoms in total. The largest absolute Gasteiger partial charge is 0.340 e. The van der Waals surface area contributed by atoms with Crippen molar-refractivity contribution in [1.82, 2.24) is 9.97 Å². The zero-order valence-electron chi connectivity index (χ0n) is 13.6. The van der Waals surface area contributed by atoms with Crippen LogP contribution in [0.3, 0.4) is 0 Å². The van der Waals surface area contributed by atoms with Crippen LogP contribution in [0.15, 0.2) is 59.6 Å². The highest BCUT2D eigenvalue weighted by molar-refractivity contribution is 7.86. The van der Waals surface area contributed by atoms with Gasteiger partial charge >= 0.3 is 10.2 Å². The lowest BCUT2D eigenvalue weighted by atomic mass is 10.3. The fourth-order valence-electron chi connectivity index (χ4n) is 2.15. The van der Waals surface area contributed by atoms with E-state index in [0.29, 0.717) is 22.8 Å². The van der Waals surface area contributed by atoms with E-state index in [2.05, 4.69) is 20.6 Å². The molecule has 2 aromatic carbocycles. The van der Waals surface area contributed by atoms with Gasteiger partial charge in [-0.2, -0.15) is 13.4 Å². The Kier molecular flexibility index (Phi) is 4.81. The number of anilines is 4. The van der Waals surface area contributed by atoms with Crippen molar-refractivity contribution >= 4 is 33.4 Å². The molecule has 0 saturated heterocycles. The number of aryl methyl sites for hydroxylation is 1. The van der Waals surface area contributed by atoms with Crippen LogP contribution in [-0.2, 0) is 10.2 Å². The van der Waals surface area contributed by atoms with Gasteiger partial charge in [-0.1, -0.05) is 6.07 Å². The number of rotatable bonds is 5. The van der Waals surface area contributed by atoms with E-state index in [1.54, 1.807) is 31.3 Å². The molecule has 1 heterocycles. The predicted molar refractivity (Wildman–Crippen MR) is 94.5 cm³/mol. The Morgan fingerprint density at radius 1 is 1.00 bits per heavy atom. The van der Waals surface area contributed by atoms with Crippen LogP contribution in [0.5, 0.6) is 0 Å². The maximum absolute atomic E-state index is 13.1. The molecule has 1 aromatic heterocycles. The SMILES string of the molecule is Cc1cnc(Nc2ccc(F)cc2)nc1Nc1cccc(S(=O)(=O)F)c1. The van der Waals surface area contributed by atoms with Crippen molar-refractivity contribution < 1.29 is 16.7 Å². The summed E-state index contributed by atoms with van der Waals surface area (Å²) in [5, 5.41) is 5.87. The molecule has 0 atom stereocenters. The topological polar surface area (TPSA) is 84.0 Å². The lowest BCUT2D eigenvalue weighted by Crippen LogP contribution is -2.03. The summed E-state index contributed by atoms with van der Waals surface area (Å²) >= 11 is 0. The van der Waals surface area contributed by atoms with E-state index in [0.717, 1.165) is 6.07 Å². The first-order valence-electron chi connectivity index (χ1n) is 7.49. The van der Waals surface area contributed by atoms with Gasteiger partial charge in [0.2, 0.25) is 5.95 Å². The smallest absolute Gasteiger partial charge is 0.332 e. The minimum atomic E-state index is -4.80. The monoisotopic (exact) mass is 376 g/mol. The first-order chi connectivity index (χ1) is 12.3. The summed E-state index contributed by atoms with van der Waals surface area (Å²) in [6.45, 7) is 1.76. The van der Waals surface area contributed by atoms with Gasteiger partial charge in [0, 0.05) is 23.1 Å². The lowest BCUT2D eigenvalue weighted by molar-refractivity contribution is 0.552. The minimum absolute atomic E-state index is 0.263. The van der Waals surface area contributed by atoms with Crippen molar-refractivity contribution in [3.05, 3.63) is 66.1 Å². The van der Waals surface area contributed by atoms with Crippen LogP contribution in [0.1, 0.15) is 5.56 Å². The molecular weight excluding hydrogens is 362 g/mol. The molecule has 0 radical (unpaired) electrons. The van der Waals surface area contributed by atoms with Crippen molar-refractivity contribution in [2.24, 2.45) is 0 Å². The number of hydrogen-bond acceptors (Lipinski definition) is 6. The number of hydrogen-bond donors (Lipinski definition) is 2. The minimum Gasteiger partial charge on any atom is -0.340 e. The number of aromatic nitrogens is 2. The standard InChI is InChI=1S/C17H14F2N4O2S/c1-11-10-20-17(22-13-7-5-12(18)6-8-13)23-16(11)21-14-3-2-4-15(9-14)26(19,24)25/h2-10H,1H3,(H2,20,21,22,23). The summed E-state index contributed by atoms with van der Waals surface area (Å²) < 4.78 is 48.2. The molecular formula is C17H14F2N4O2S. The molecule has 3 rings (SSSR count). The van der Waals surface area contributed by atoms with Gasteiger partial charge in [0.1, 0.15) is 16.5 Å². The Balaban J connectivity index is 1.85. The van der Waals surface area contributed by atoms with Crippen molar-refractivity contribution in [3.63, 3.8) is 0 Å². The summed E-state index contributed by atoms with van der Waals surface area (Å²) in [6.07, 6.45) is 1.57. The predicted octanol–water partition coefficient (Wildman–Crippen LogP) is 4.07. The Labute approximate surface area is 149 Å². The molecule has 0 unspecified atom stereocenters. The highest BCUT2D eigenvalue weighted by Gasteiger charge is 2.13. The van der Waals surface area contributed by atoms with Crippen molar-refractivity contribution in [2.45, 2.75) is 11.8 Å². The maximum atomic E-state index is 13.1. The summed E-state index contributed by atoms with van der Waals surface area (Å²) in [5.41, 5.74) is 1.66. The summed E-state index contributed by atoms with van der Waals surface area (Å²) in [7, 11) is -4.80. The Morgan fingerprint density at radius 3 is 2.42 bits per heavy atom. The molecule has 2 N–H and O–H groups in total. The van der Waals surface area contributed by atoms with Gasteiger partial charge in [0.25, 0.3) is 0 Å². The van der Waals surface area contributed by atoms with Crippen LogP contribution in [-0.4, -0.2) is 18.4 Å². The van der Waals surface area contributed by atoms with Crippen molar-refractivity contribution in [2.75, 3.05) is 10.6 Å². The molecule has 0 saturated carbocycles. The van der Waals surface area contributed by atoms with E-state index in [-0.39, 0.29) is 11.8 Å². The second-order valence-corrected chi connectivity index (χ2v) is 6.79. The third-order valence-electron chi connectivity index (χ3n) is 3.45. The zero-order valence-corrected chi connectivity index (χ0v) is 14.4. The molecule has 0 spiro atoms. The van der Waals surface area contributed by atoms with Gasteiger partial charge < -0.3 is 10.6 Å². The highest BCUT2D eigenvalue weighted by Crippen LogP contribution is 2.23. The van der Waals surface area contributed by atoms with E-state index in [1.807, 2.05) is 0 Å². The van der Waals surface area contributed by atoms with Crippen LogP contribution in [0.4, 0.5) is 31.4 Å². The van der Waals surface area contributed by atoms with E-state index >= 15 is 0 Å². The van der Waals surface area contributed by atoms with E-state index < -0.39 is 15.1 Å². The van der Waals surface area contributed by atoms with Crippen LogP contribution in [0.2, 0.25) is 0 Å². The molecule has 0 aliphatic heterocycles. The van der Waals surface area contributed by atoms with Crippen LogP contribution < -0.4 is 10.6 Å². The Bertz CT molecular complexity index is 1040. The molecule has 9 heteroatoms. The average Bonchev–Trinajstić information content (AvgIpc) is 2.59. The number of nitrogens with one attached hydrogen (secondary N) is 2. The van der Waals surface area contributed by atoms with Crippen LogP contribution >= 0.6 is 0 Å². The third-order valence-corrected chi connectivity index (χ3v) is 4.27. The van der Waals surface area contributed by atoms with Gasteiger partial charge in [0.05, 0.1) is 0 Å². The van der Waals surface area contributed by atoms with E-state index in [9.17, 15) is 16.7 Å². The van der Waals surface area contributed by atoms with Gasteiger partial charge in [-0.15, -0.1) is 3.89 Å². The number of benzene rings is 2. The maximum Gasteiger partial charge on any atom is 0.332 e. The fraction of sp³-hybridized carbons (Fsp3) is 0.0588. The fourth-order valence-corrected chi connectivity index (χ4v) is 2.66. The summed E-state index contributed by atoms with van der Waals surface area (Å²) in [6, 6.07) is 11.0. The molecule has 0 aliphatic rings. The first-order valence-corrected chi connectivity index (χ1v) is 8.87. The lowest BCUT2D eigenvalue weighted by Gasteiger charge is -2.11. The van der Waals surface area contributed by atoms with E-state index in [4.69, 9.17) is 0 Å². The zero-order chi connectivity index (χ0) is 18.7. The molecule has 26 heavy (non-hydrogen) atoms. The second-order valence-electron chi connectivity index (χ2n) is 5.45. The molecule has 0 bridgehead atoms. The van der Waals surface area contributed by atoms with E-state index in [1.165, 1.54) is 24.3 Å². The first kappa shape index (κ1) is 17.7. The second kappa shape index (κ2) is 7.04. The van der Waals surface area contributed by atoms with Crippen molar-refractivity contribution in [3.8, 4) is 0 Å². The van der Waals surface area contributed by atoms with Gasteiger partial charge in [-0.05, 0) is 49.4 Å². The molecule has 0 aliphatic carbocycles. The van der Waals surface area contributed by atoms with Crippen molar-refractivity contribution in [1.29, 1.82) is 0 Å². The van der Waals surface area contributed by atoms with Crippen LogP contribution in [0.25, 0.3) is 0 Å². The molecule has 3 aromatic rings. The number of nitrogens with zero attached hydrogens (tertiary/aromatic N) is 2. The Morgan fingerprint density at radius 2 is 1.73 bits per heavy atom. The quantitative estimate of drug-likeness (QED) is 0.653. The highest BCUT2D eigenvalue weighted by atomic mass is 32.3. The van der Waals surface area contributed by atoms with Gasteiger partial charge in [-0.3, -0.25) is 0 Å². The van der Waals surface area contributed by atoms with Gasteiger partial charge in [-0.25, -0.2) is 9.37 Å². The normalized spacial score (nSPS) is 11.2. The van der Waals surface area contributed by atoms with Gasteiger partial charge in [0.15, 0.2) is 0 Å². The average molecular weight is 376 g/mol. The number of halogens is 2. The molecule has 0 fully saturated rings. The molecule has 134 valence electrons. The van der Waals surface area contributed by atoms with Crippen LogP contribution in [0, 0.1) is 12.7 Å².